The zero-order valence-corrected chi connectivity index (χ0v) is 8.00. The Kier molecular flexibility index (Phi) is 6.02. The molecule has 0 aliphatic carbocycles. The highest BCUT2D eigenvalue weighted by Gasteiger charge is 1.83. The number of rotatable bonds is 1. The first-order valence-corrected chi connectivity index (χ1v) is 3.83. The summed E-state index contributed by atoms with van der Waals surface area (Å²) in [5.74, 6) is 0. The molecule has 0 aliphatic rings. The van der Waals surface area contributed by atoms with Crippen molar-refractivity contribution >= 4 is 6.08 Å². The molecule has 1 heteroatoms. The Hall–Kier alpha value is -1.08. The van der Waals surface area contributed by atoms with Crippen LogP contribution in [0.25, 0.3) is 6.08 Å². The van der Waals surface area contributed by atoms with Crippen molar-refractivity contribution in [2.75, 3.05) is 14.2 Å². The van der Waals surface area contributed by atoms with Crippen molar-refractivity contribution in [3.05, 3.63) is 42.0 Å². The van der Waals surface area contributed by atoms with E-state index in [0.29, 0.717) is 0 Å². The zero-order valence-electron chi connectivity index (χ0n) is 8.00. The number of methoxy groups -OCH3 is 1. The van der Waals surface area contributed by atoms with Gasteiger partial charge in [-0.2, -0.15) is 0 Å². The van der Waals surface area contributed by atoms with Crippen molar-refractivity contribution in [2.45, 2.75) is 6.92 Å². The summed E-state index contributed by atoms with van der Waals surface area (Å²) in [5, 5.41) is 0. The lowest BCUT2D eigenvalue weighted by Gasteiger charge is -1.92. The van der Waals surface area contributed by atoms with Crippen LogP contribution in [0.15, 0.2) is 30.8 Å². The van der Waals surface area contributed by atoms with Gasteiger partial charge in [0.05, 0.1) is 0 Å². The minimum absolute atomic E-state index is 1.19. The molecule has 1 aromatic rings. The summed E-state index contributed by atoms with van der Waals surface area (Å²) in [6, 6.07) is 8.26. The van der Waals surface area contributed by atoms with Crippen LogP contribution in [0.4, 0.5) is 0 Å². The van der Waals surface area contributed by atoms with Crippen LogP contribution in [0.3, 0.4) is 0 Å². The maximum absolute atomic E-state index is 4.25. The molecule has 0 N–H and O–H groups in total. The molecule has 1 nitrogen and oxygen atoms in total. The molecule has 0 spiro atoms. The van der Waals surface area contributed by atoms with Gasteiger partial charge in [0.15, 0.2) is 0 Å². The molecular weight excluding hydrogens is 148 g/mol. The minimum atomic E-state index is 1.19. The van der Waals surface area contributed by atoms with E-state index in [1.54, 1.807) is 14.2 Å². The van der Waals surface area contributed by atoms with E-state index in [1.165, 1.54) is 11.1 Å². The molecule has 0 heterocycles. The third-order valence-electron chi connectivity index (χ3n) is 1.28. The monoisotopic (exact) mass is 164 g/mol. The lowest BCUT2D eigenvalue weighted by molar-refractivity contribution is 0.277. The topological polar surface area (TPSA) is 9.23 Å². The fourth-order valence-corrected chi connectivity index (χ4v) is 0.797. The van der Waals surface area contributed by atoms with Crippen molar-refractivity contribution in [3.63, 3.8) is 0 Å². The molecule has 12 heavy (non-hydrogen) atoms. The van der Waals surface area contributed by atoms with Crippen molar-refractivity contribution in [1.82, 2.24) is 0 Å². The summed E-state index contributed by atoms with van der Waals surface area (Å²) >= 11 is 0. The Bertz CT molecular complexity index is 228. The molecule has 0 saturated carbocycles. The van der Waals surface area contributed by atoms with E-state index in [1.807, 2.05) is 18.2 Å². The normalized spacial score (nSPS) is 8.25. The van der Waals surface area contributed by atoms with E-state index in [-0.39, 0.29) is 0 Å². The number of ether oxygens (including phenoxy) is 1. The highest BCUT2D eigenvalue weighted by atomic mass is 16.4. The highest BCUT2D eigenvalue weighted by Crippen LogP contribution is 2.03. The third kappa shape index (κ3) is 4.69. The van der Waals surface area contributed by atoms with Crippen LogP contribution in [0.2, 0.25) is 0 Å². The van der Waals surface area contributed by atoms with Gasteiger partial charge in [-0.25, -0.2) is 0 Å². The average molecular weight is 164 g/mol. The fraction of sp³-hybridized carbons (Fsp3) is 0.273. The number of aryl methyl sites for hydroxylation is 1. The molecule has 0 fully saturated rings. The number of benzene rings is 1. The van der Waals surface area contributed by atoms with Crippen molar-refractivity contribution in [1.29, 1.82) is 0 Å². The number of hydrogen-bond donors (Lipinski definition) is 0. The smallest absolute Gasteiger partial charge is 0.0351 e. The summed E-state index contributed by atoms with van der Waals surface area (Å²) in [4.78, 5) is 0. The second-order valence-electron chi connectivity index (χ2n) is 2.53. The zero-order chi connectivity index (χ0) is 9.40. The molecule has 0 radical (unpaired) electrons. The van der Waals surface area contributed by atoms with Crippen LogP contribution in [0.1, 0.15) is 11.1 Å². The molecule has 66 valence electrons. The second kappa shape index (κ2) is 6.62. The predicted molar refractivity (Wildman–Crippen MR) is 54.2 cm³/mol. The van der Waals surface area contributed by atoms with Gasteiger partial charge in [0.2, 0.25) is 0 Å². The maximum Gasteiger partial charge on any atom is 0.0351 e. The Labute approximate surface area is 74.7 Å². The molecule has 0 aliphatic heterocycles. The van der Waals surface area contributed by atoms with Crippen LogP contribution in [0, 0.1) is 6.92 Å². The summed E-state index contributed by atoms with van der Waals surface area (Å²) in [7, 11) is 3.25. The SMILES string of the molecule is C=Cc1cccc(C)c1.COC. The summed E-state index contributed by atoms with van der Waals surface area (Å²) < 4.78 is 4.25. The lowest BCUT2D eigenvalue weighted by Crippen LogP contribution is -1.72. The van der Waals surface area contributed by atoms with E-state index in [2.05, 4.69) is 30.4 Å². The van der Waals surface area contributed by atoms with Gasteiger partial charge in [0, 0.05) is 14.2 Å². The van der Waals surface area contributed by atoms with Gasteiger partial charge < -0.3 is 4.74 Å². The molecule has 1 rings (SSSR count). The highest BCUT2D eigenvalue weighted by molar-refractivity contribution is 5.47. The van der Waals surface area contributed by atoms with Crippen LogP contribution in [-0.2, 0) is 4.74 Å². The molecule has 0 saturated heterocycles. The first-order valence-electron chi connectivity index (χ1n) is 3.83. The fourth-order valence-electron chi connectivity index (χ4n) is 0.797. The van der Waals surface area contributed by atoms with Gasteiger partial charge in [-0.1, -0.05) is 42.5 Å². The van der Waals surface area contributed by atoms with Gasteiger partial charge >= 0.3 is 0 Å². The van der Waals surface area contributed by atoms with Crippen molar-refractivity contribution < 1.29 is 4.74 Å². The van der Waals surface area contributed by atoms with E-state index in [9.17, 15) is 0 Å². The summed E-state index contributed by atoms with van der Waals surface area (Å²) in [5.41, 5.74) is 2.47. The van der Waals surface area contributed by atoms with Crippen LogP contribution < -0.4 is 0 Å². The molecule has 0 atom stereocenters. The molecule has 0 aromatic heterocycles. The Morgan fingerprint density at radius 1 is 1.33 bits per heavy atom. The largest absolute Gasteiger partial charge is 0.388 e. The van der Waals surface area contributed by atoms with Crippen molar-refractivity contribution in [3.8, 4) is 0 Å². The Morgan fingerprint density at radius 3 is 2.25 bits per heavy atom. The van der Waals surface area contributed by atoms with Crippen LogP contribution in [0.5, 0.6) is 0 Å². The van der Waals surface area contributed by atoms with Crippen LogP contribution >= 0.6 is 0 Å². The third-order valence-corrected chi connectivity index (χ3v) is 1.28. The average Bonchev–Trinajstić information content (AvgIpc) is 2.06. The quantitative estimate of drug-likeness (QED) is 0.620. The minimum Gasteiger partial charge on any atom is -0.388 e. The van der Waals surface area contributed by atoms with Gasteiger partial charge in [-0.3, -0.25) is 0 Å². The Balaban J connectivity index is 0.000000354. The van der Waals surface area contributed by atoms with Gasteiger partial charge in [0.25, 0.3) is 0 Å². The first-order chi connectivity index (χ1) is 5.74. The molecule has 1 aromatic carbocycles. The maximum atomic E-state index is 4.25. The van der Waals surface area contributed by atoms with Crippen molar-refractivity contribution in [2.24, 2.45) is 0 Å². The molecular formula is C11H16O. The molecule has 0 amide bonds. The van der Waals surface area contributed by atoms with E-state index < -0.39 is 0 Å². The Morgan fingerprint density at radius 2 is 1.92 bits per heavy atom. The molecule has 0 unspecified atom stereocenters. The first kappa shape index (κ1) is 10.9. The van der Waals surface area contributed by atoms with Gasteiger partial charge in [-0.15, -0.1) is 0 Å². The summed E-state index contributed by atoms with van der Waals surface area (Å²) in [6.45, 7) is 5.75. The van der Waals surface area contributed by atoms with Gasteiger partial charge in [0.1, 0.15) is 0 Å². The van der Waals surface area contributed by atoms with E-state index in [0.717, 1.165) is 0 Å². The summed E-state index contributed by atoms with van der Waals surface area (Å²) in [6.07, 6.45) is 1.85. The van der Waals surface area contributed by atoms with E-state index in [4.69, 9.17) is 0 Å². The molecule has 0 bridgehead atoms. The number of hydrogen-bond acceptors (Lipinski definition) is 1. The lowest BCUT2D eigenvalue weighted by atomic mass is 10.1. The second-order valence-corrected chi connectivity index (χ2v) is 2.53. The van der Waals surface area contributed by atoms with E-state index >= 15 is 0 Å². The van der Waals surface area contributed by atoms with Crippen LogP contribution in [-0.4, -0.2) is 14.2 Å². The predicted octanol–water partition coefficient (Wildman–Crippen LogP) is 2.90. The standard InChI is InChI=1S/C9H10.C2H6O/c1-3-9-6-4-5-8(2)7-9;1-3-2/h3-7H,1H2,2H3;1-2H3. The van der Waals surface area contributed by atoms with Gasteiger partial charge in [-0.05, 0) is 12.5 Å².